The zero-order valence-corrected chi connectivity index (χ0v) is 11.1. The summed E-state index contributed by atoms with van der Waals surface area (Å²) in [4.78, 5) is 0. The Morgan fingerprint density at radius 2 is 1.94 bits per heavy atom. The molecule has 2 nitrogen and oxygen atoms in total. The predicted octanol–water partition coefficient (Wildman–Crippen LogP) is 3.67. The predicted molar refractivity (Wildman–Crippen MR) is 72.4 cm³/mol. The van der Waals surface area contributed by atoms with Crippen LogP contribution in [-0.4, -0.2) is 12.1 Å². The van der Waals surface area contributed by atoms with E-state index in [0.29, 0.717) is 0 Å². The fraction of sp³-hybridized carbons (Fsp3) is 0.467. The number of hydrogen-bond acceptors (Lipinski definition) is 2. The Labute approximate surface area is 103 Å². The highest BCUT2D eigenvalue weighted by Crippen LogP contribution is 2.20. The first-order chi connectivity index (χ1) is 7.94. The number of hydrogen-bond donors (Lipinski definition) is 1. The van der Waals surface area contributed by atoms with Crippen molar-refractivity contribution in [3.63, 3.8) is 0 Å². The lowest BCUT2D eigenvalue weighted by Crippen LogP contribution is -2.37. The minimum atomic E-state index is 0.169. The van der Waals surface area contributed by atoms with Gasteiger partial charge in [-0.3, -0.25) is 0 Å². The van der Waals surface area contributed by atoms with Gasteiger partial charge in [0.15, 0.2) is 0 Å². The summed E-state index contributed by atoms with van der Waals surface area (Å²) in [5.74, 6) is 1.06. The second-order valence-electron chi connectivity index (χ2n) is 5.68. The molecule has 92 valence electrons. The molecule has 0 bridgehead atoms. The summed E-state index contributed by atoms with van der Waals surface area (Å²) in [6.45, 7) is 9.58. The maximum absolute atomic E-state index is 5.80. The Morgan fingerprint density at radius 3 is 2.65 bits per heavy atom. The normalized spacial score (nSPS) is 12.2. The first-order valence-electron chi connectivity index (χ1n) is 6.18. The molecule has 1 heterocycles. The van der Waals surface area contributed by atoms with E-state index < -0.39 is 0 Å². The summed E-state index contributed by atoms with van der Waals surface area (Å²) in [5.41, 5.74) is 2.43. The number of nitrogens with one attached hydrogen (secondary N) is 1. The van der Waals surface area contributed by atoms with Crippen molar-refractivity contribution in [2.24, 2.45) is 0 Å². The lowest BCUT2D eigenvalue weighted by atomic mass is 10.1. The van der Waals surface area contributed by atoms with E-state index in [2.05, 4.69) is 51.2 Å². The van der Waals surface area contributed by atoms with Gasteiger partial charge in [-0.05, 0) is 45.9 Å². The third kappa shape index (κ3) is 3.34. The monoisotopic (exact) mass is 231 g/mol. The van der Waals surface area contributed by atoms with E-state index in [4.69, 9.17) is 4.42 Å². The maximum Gasteiger partial charge on any atom is 0.134 e. The van der Waals surface area contributed by atoms with Gasteiger partial charge in [-0.25, -0.2) is 0 Å². The van der Waals surface area contributed by atoms with E-state index in [-0.39, 0.29) is 5.54 Å². The van der Waals surface area contributed by atoms with E-state index in [1.807, 2.05) is 6.07 Å². The smallest absolute Gasteiger partial charge is 0.134 e. The number of benzene rings is 1. The van der Waals surface area contributed by atoms with Crippen molar-refractivity contribution >= 4 is 11.0 Å². The van der Waals surface area contributed by atoms with Crippen molar-refractivity contribution < 1.29 is 4.42 Å². The number of aryl methyl sites for hydroxylation is 1. The summed E-state index contributed by atoms with van der Waals surface area (Å²) in [6, 6.07) is 8.45. The molecule has 0 atom stereocenters. The third-order valence-corrected chi connectivity index (χ3v) is 2.75. The quantitative estimate of drug-likeness (QED) is 0.872. The average Bonchev–Trinajstić information content (AvgIpc) is 2.57. The zero-order valence-electron chi connectivity index (χ0n) is 11.1. The second-order valence-corrected chi connectivity index (χ2v) is 5.68. The highest BCUT2D eigenvalue weighted by Gasteiger charge is 2.09. The molecule has 1 aromatic heterocycles. The van der Waals surface area contributed by atoms with E-state index >= 15 is 0 Å². The Bertz CT molecular complexity index is 505. The molecular weight excluding hydrogens is 210 g/mol. The van der Waals surface area contributed by atoms with Crippen LogP contribution in [0.4, 0.5) is 0 Å². The average molecular weight is 231 g/mol. The molecule has 0 saturated heterocycles. The van der Waals surface area contributed by atoms with E-state index in [1.165, 1.54) is 10.9 Å². The molecule has 0 saturated carbocycles. The van der Waals surface area contributed by atoms with Crippen molar-refractivity contribution in [1.82, 2.24) is 5.32 Å². The molecule has 0 amide bonds. The van der Waals surface area contributed by atoms with Crippen molar-refractivity contribution in [1.29, 1.82) is 0 Å². The molecule has 2 aromatic rings. The molecule has 1 aromatic carbocycles. The molecule has 0 aliphatic carbocycles. The van der Waals surface area contributed by atoms with Crippen molar-refractivity contribution in [3.8, 4) is 0 Å². The molecule has 1 N–H and O–H groups in total. The van der Waals surface area contributed by atoms with Crippen LogP contribution in [0.3, 0.4) is 0 Å². The van der Waals surface area contributed by atoms with Crippen LogP contribution in [-0.2, 0) is 6.42 Å². The Hall–Kier alpha value is -1.28. The van der Waals surface area contributed by atoms with Gasteiger partial charge in [0.2, 0.25) is 0 Å². The Balaban J connectivity index is 2.05. The van der Waals surface area contributed by atoms with Gasteiger partial charge >= 0.3 is 0 Å². The lowest BCUT2D eigenvalue weighted by Gasteiger charge is -2.19. The van der Waals surface area contributed by atoms with Crippen LogP contribution < -0.4 is 5.32 Å². The summed E-state index contributed by atoms with van der Waals surface area (Å²) in [7, 11) is 0. The van der Waals surface area contributed by atoms with Crippen LogP contribution in [0.25, 0.3) is 11.0 Å². The highest BCUT2D eigenvalue weighted by molar-refractivity contribution is 5.78. The minimum absolute atomic E-state index is 0.169. The van der Waals surface area contributed by atoms with E-state index in [0.717, 1.165) is 24.3 Å². The second kappa shape index (κ2) is 4.53. The molecule has 2 heteroatoms. The van der Waals surface area contributed by atoms with E-state index in [1.54, 1.807) is 0 Å². The fourth-order valence-corrected chi connectivity index (χ4v) is 1.90. The molecule has 0 spiro atoms. The topological polar surface area (TPSA) is 25.2 Å². The van der Waals surface area contributed by atoms with Gasteiger partial charge in [-0.2, -0.15) is 0 Å². The van der Waals surface area contributed by atoms with Crippen LogP contribution in [0.2, 0.25) is 0 Å². The molecule has 0 aliphatic heterocycles. The fourth-order valence-electron chi connectivity index (χ4n) is 1.90. The summed E-state index contributed by atoms with van der Waals surface area (Å²) >= 11 is 0. The van der Waals surface area contributed by atoms with Gasteiger partial charge in [-0.1, -0.05) is 11.6 Å². The number of furan rings is 1. The van der Waals surface area contributed by atoms with Crippen LogP contribution in [0.5, 0.6) is 0 Å². The minimum Gasteiger partial charge on any atom is -0.461 e. The molecule has 17 heavy (non-hydrogen) atoms. The van der Waals surface area contributed by atoms with Crippen molar-refractivity contribution in [2.45, 2.75) is 39.7 Å². The third-order valence-electron chi connectivity index (χ3n) is 2.75. The Morgan fingerprint density at radius 1 is 1.18 bits per heavy atom. The lowest BCUT2D eigenvalue weighted by molar-refractivity contribution is 0.418. The van der Waals surface area contributed by atoms with Crippen LogP contribution >= 0.6 is 0 Å². The number of rotatable bonds is 3. The van der Waals surface area contributed by atoms with Crippen LogP contribution in [0, 0.1) is 6.92 Å². The van der Waals surface area contributed by atoms with Crippen molar-refractivity contribution in [3.05, 3.63) is 35.6 Å². The zero-order chi connectivity index (χ0) is 12.5. The SMILES string of the molecule is Cc1ccc2oc(CCNC(C)(C)C)cc2c1. The molecule has 0 aliphatic rings. The van der Waals surface area contributed by atoms with Crippen LogP contribution in [0.1, 0.15) is 32.1 Å². The largest absolute Gasteiger partial charge is 0.461 e. The standard InChI is InChI=1S/C15H21NO/c1-11-5-6-14-12(9-11)10-13(17-14)7-8-16-15(2,3)4/h5-6,9-10,16H,7-8H2,1-4H3. The van der Waals surface area contributed by atoms with Crippen LogP contribution in [0.15, 0.2) is 28.7 Å². The van der Waals surface area contributed by atoms with Gasteiger partial charge in [-0.15, -0.1) is 0 Å². The van der Waals surface area contributed by atoms with Gasteiger partial charge in [0.25, 0.3) is 0 Å². The highest BCUT2D eigenvalue weighted by atomic mass is 16.3. The van der Waals surface area contributed by atoms with Crippen molar-refractivity contribution in [2.75, 3.05) is 6.54 Å². The summed E-state index contributed by atoms with van der Waals surface area (Å²) < 4.78 is 5.80. The molecule has 0 fully saturated rings. The van der Waals surface area contributed by atoms with Gasteiger partial charge in [0.1, 0.15) is 11.3 Å². The first-order valence-corrected chi connectivity index (χ1v) is 6.18. The van der Waals surface area contributed by atoms with Gasteiger partial charge in [0.05, 0.1) is 0 Å². The summed E-state index contributed by atoms with van der Waals surface area (Å²) in [5, 5.41) is 4.67. The Kier molecular flexibility index (Phi) is 3.25. The first kappa shape index (κ1) is 12.2. The molecular formula is C15H21NO. The maximum atomic E-state index is 5.80. The van der Waals surface area contributed by atoms with Gasteiger partial charge < -0.3 is 9.73 Å². The summed E-state index contributed by atoms with van der Waals surface area (Å²) in [6.07, 6.45) is 0.936. The molecule has 0 unspecified atom stereocenters. The molecule has 0 radical (unpaired) electrons. The van der Waals surface area contributed by atoms with E-state index in [9.17, 15) is 0 Å². The molecule has 2 rings (SSSR count). The van der Waals surface area contributed by atoms with Gasteiger partial charge in [0, 0.05) is 23.9 Å². The number of fused-ring (bicyclic) bond motifs is 1.